The minimum absolute atomic E-state index is 0.0995. The summed E-state index contributed by atoms with van der Waals surface area (Å²) in [6.45, 7) is 3.32. The van der Waals surface area contributed by atoms with E-state index in [4.69, 9.17) is 14.2 Å². The van der Waals surface area contributed by atoms with Gasteiger partial charge in [0.25, 0.3) is 0 Å². The maximum absolute atomic E-state index is 13.8. The molecule has 0 saturated heterocycles. The van der Waals surface area contributed by atoms with Crippen LogP contribution in [0.1, 0.15) is 24.4 Å². The summed E-state index contributed by atoms with van der Waals surface area (Å²) in [4.78, 5) is 16.9. The third-order valence-electron chi connectivity index (χ3n) is 6.38. The average Bonchev–Trinajstić information content (AvgIpc) is 3.55. The van der Waals surface area contributed by atoms with E-state index in [0.29, 0.717) is 11.1 Å². The van der Waals surface area contributed by atoms with E-state index in [1.165, 1.54) is 39.1 Å². The summed E-state index contributed by atoms with van der Waals surface area (Å²) in [5, 5.41) is 12.9. The summed E-state index contributed by atoms with van der Waals surface area (Å²) >= 11 is 0. The Morgan fingerprint density at radius 3 is 2.29 bits per heavy atom. The maximum atomic E-state index is 13.8. The highest BCUT2D eigenvalue weighted by Crippen LogP contribution is 2.37. The van der Waals surface area contributed by atoms with Crippen molar-refractivity contribution in [3.8, 4) is 28.8 Å². The lowest BCUT2D eigenvalue weighted by molar-refractivity contribution is 0.0949. The fourth-order valence-electron chi connectivity index (χ4n) is 4.36. The van der Waals surface area contributed by atoms with Crippen LogP contribution in [0.2, 0.25) is 0 Å². The molecule has 0 fully saturated rings. The summed E-state index contributed by atoms with van der Waals surface area (Å²) < 4.78 is 49.7. The summed E-state index contributed by atoms with van der Waals surface area (Å²) in [6.07, 6.45) is 5.33. The number of hydrogen-bond donors (Lipinski definition) is 1. The molecule has 0 aliphatic carbocycles. The molecule has 1 aromatic carbocycles. The Labute approximate surface area is 235 Å². The van der Waals surface area contributed by atoms with Crippen molar-refractivity contribution < 1.29 is 22.6 Å². The standard InChI is InChI=1S/C25H28N10O5S/c1-14-10-26-21(27-11-14)20(38-4)15(2)41(36,37)33-25-31-30-22(17-9-7-8-16-12-34(3)32-18(16)17)35(25)19-23(39-5)28-13-29-24(19)40-6/h7-13,15,20H,1-6H3,(H,31,33). The van der Waals surface area contributed by atoms with Gasteiger partial charge in [0.15, 0.2) is 17.3 Å². The van der Waals surface area contributed by atoms with Gasteiger partial charge in [-0.15, -0.1) is 10.2 Å². The van der Waals surface area contributed by atoms with Crippen LogP contribution in [-0.2, 0) is 21.8 Å². The van der Waals surface area contributed by atoms with Gasteiger partial charge in [-0.1, -0.05) is 12.1 Å². The van der Waals surface area contributed by atoms with Crippen molar-refractivity contribution in [3.05, 3.63) is 54.5 Å². The average molecular weight is 581 g/mol. The van der Waals surface area contributed by atoms with Gasteiger partial charge < -0.3 is 14.2 Å². The van der Waals surface area contributed by atoms with E-state index < -0.39 is 21.4 Å². The molecule has 0 aliphatic rings. The van der Waals surface area contributed by atoms with Gasteiger partial charge in [0.05, 0.1) is 14.2 Å². The number of aromatic nitrogens is 9. The minimum atomic E-state index is -4.18. The first-order valence-corrected chi connectivity index (χ1v) is 13.9. The highest BCUT2D eigenvalue weighted by Gasteiger charge is 2.35. The molecule has 0 aliphatic heterocycles. The van der Waals surface area contributed by atoms with Crippen LogP contribution in [0, 0.1) is 6.92 Å². The molecule has 0 amide bonds. The Balaban J connectivity index is 1.67. The van der Waals surface area contributed by atoms with Crippen molar-refractivity contribution in [1.29, 1.82) is 0 Å². The predicted octanol–water partition coefficient (Wildman–Crippen LogP) is 2.24. The third-order valence-corrected chi connectivity index (χ3v) is 8.07. The number of methoxy groups -OCH3 is 3. The number of ether oxygens (including phenoxy) is 3. The summed E-state index contributed by atoms with van der Waals surface area (Å²) in [7, 11) is 1.86. The van der Waals surface area contributed by atoms with Gasteiger partial charge >= 0.3 is 0 Å². The molecule has 16 heteroatoms. The molecule has 41 heavy (non-hydrogen) atoms. The van der Waals surface area contributed by atoms with Crippen molar-refractivity contribution in [2.75, 3.05) is 26.1 Å². The van der Waals surface area contributed by atoms with Gasteiger partial charge in [-0.2, -0.15) is 15.1 Å². The quantitative estimate of drug-likeness (QED) is 0.255. The zero-order valence-corrected chi connectivity index (χ0v) is 24.0. The van der Waals surface area contributed by atoms with Crippen LogP contribution in [0.25, 0.3) is 28.0 Å². The largest absolute Gasteiger partial charge is 0.479 e. The monoisotopic (exact) mass is 580 g/mol. The summed E-state index contributed by atoms with van der Waals surface area (Å²) in [6, 6.07) is 5.54. The molecule has 0 spiro atoms. The molecule has 15 nitrogen and oxygen atoms in total. The normalized spacial score (nSPS) is 13.2. The van der Waals surface area contributed by atoms with Crippen LogP contribution >= 0.6 is 0 Å². The molecule has 1 N–H and O–H groups in total. The topological polar surface area (TPSA) is 174 Å². The number of hydrogen-bond acceptors (Lipinski definition) is 12. The first kappa shape index (κ1) is 27.9. The Kier molecular flexibility index (Phi) is 7.51. The first-order valence-electron chi connectivity index (χ1n) is 12.3. The van der Waals surface area contributed by atoms with Crippen molar-refractivity contribution in [3.63, 3.8) is 0 Å². The number of nitrogens with one attached hydrogen (secondary N) is 1. The fourth-order valence-corrected chi connectivity index (χ4v) is 5.49. The molecule has 4 heterocycles. The van der Waals surface area contributed by atoms with E-state index in [9.17, 15) is 8.42 Å². The zero-order chi connectivity index (χ0) is 29.3. The molecule has 2 atom stereocenters. The molecule has 0 saturated carbocycles. The molecule has 214 valence electrons. The van der Waals surface area contributed by atoms with Gasteiger partial charge in [-0.05, 0) is 25.5 Å². The summed E-state index contributed by atoms with van der Waals surface area (Å²) in [5.74, 6) is 0.506. The van der Waals surface area contributed by atoms with Gasteiger partial charge in [0.1, 0.15) is 23.2 Å². The van der Waals surface area contributed by atoms with Crippen LogP contribution in [0.15, 0.2) is 43.1 Å². The molecule has 0 bridgehead atoms. The van der Waals surface area contributed by atoms with Crippen molar-refractivity contribution in [2.45, 2.75) is 25.2 Å². The van der Waals surface area contributed by atoms with Crippen LogP contribution in [-0.4, -0.2) is 79.5 Å². The third kappa shape index (κ3) is 5.14. The molecule has 5 aromatic rings. The highest BCUT2D eigenvalue weighted by molar-refractivity contribution is 7.93. The Bertz CT molecular complexity index is 1780. The SMILES string of the molecule is COc1ncnc(OC)c1-n1c(NS(=O)(=O)C(C)C(OC)c2ncc(C)cn2)nnc1-c1cccc2cn(C)nc12. The molecule has 0 radical (unpaired) electrons. The van der Waals surface area contributed by atoms with Crippen molar-refractivity contribution >= 4 is 26.9 Å². The number of benzene rings is 1. The minimum Gasteiger partial charge on any atom is -0.479 e. The number of fused-ring (bicyclic) bond motifs is 1. The van der Waals surface area contributed by atoms with Crippen LogP contribution < -0.4 is 14.2 Å². The number of rotatable bonds is 10. The Morgan fingerprint density at radius 1 is 0.976 bits per heavy atom. The Hall–Kier alpha value is -4.70. The van der Waals surface area contributed by atoms with E-state index in [1.54, 1.807) is 30.2 Å². The molecule has 5 rings (SSSR count). The van der Waals surface area contributed by atoms with E-state index in [-0.39, 0.29) is 35.0 Å². The number of sulfonamides is 1. The van der Waals surface area contributed by atoms with E-state index in [2.05, 4.69) is 40.0 Å². The number of aryl methyl sites for hydroxylation is 2. The lowest BCUT2D eigenvalue weighted by atomic mass is 10.1. The molecular weight excluding hydrogens is 552 g/mol. The number of anilines is 1. The molecular formula is C25H28N10O5S. The van der Waals surface area contributed by atoms with Crippen molar-refractivity contribution in [1.82, 2.24) is 44.5 Å². The second kappa shape index (κ2) is 11.1. The van der Waals surface area contributed by atoms with Crippen LogP contribution in [0.3, 0.4) is 0 Å². The van der Waals surface area contributed by atoms with Gasteiger partial charge in [-0.25, -0.2) is 18.4 Å². The van der Waals surface area contributed by atoms with Crippen molar-refractivity contribution in [2.24, 2.45) is 7.05 Å². The van der Waals surface area contributed by atoms with E-state index >= 15 is 0 Å². The van der Waals surface area contributed by atoms with Crippen LogP contribution in [0.5, 0.6) is 11.8 Å². The fraction of sp³-hybridized carbons (Fsp3) is 0.320. The second-order valence-corrected chi connectivity index (χ2v) is 11.1. The van der Waals surface area contributed by atoms with E-state index in [0.717, 1.165) is 10.9 Å². The van der Waals surface area contributed by atoms with E-state index in [1.807, 2.05) is 25.3 Å². The maximum Gasteiger partial charge on any atom is 0.245 e. The Morgan fingerprint density at radius 2 is 1.66 bits per heavy atom. The predicted molar refractivity (Wildman–Crippen MR) is 148 cm³/mol. The molecule has 2 unspecified atom stereocenters. The first-order chi connectivity index (χ1) is 19.7. The number of nitrogens with zero attached hydrogens (tertiary/aromatic N) is 9. The highest BCUT2D eigenvalue weighted by atomic mass is 32.2. The lowest BCUT2D eigenvalue weighted by Crippen LogP contribution is -2.33. The van der Waals surface area contributed by atoms with Gasteiger partial charge in [-0.3, -0.25) is 14.0 Å². The van der Waals surface area contributed by atoms with Gasteiger partial charge in [0, 0.05) is 43.7 Å². The second-order valence-electron chi connectivity index (χ2n) is 9.10. The lowest BCUT2D eigenvalue weighted by Gasteiger charge is -2.22. The summed E-state index contributed by atoms with van der Waals surface area (Å²) in [5.41, 5.74) is 2.21. The smallest absolute Gasteiger partial charge is 0.245 e. The van der Waals surface area contributed by atoms with Crippen LogP contribution in [0.4, 0.5) is 5.95 Å². The zero-order valence-electron chi connectivity index (χ0n) is 23.2. The molecule has 4 aromatic heterocycles. The van der Waals surface area contributed by atoms with Gasteiger partial charge in [0.2, 0.25) is 27.7 Å².